The highest BCUT2D eigenvalue weighted by molar-refractivity contribution is 5.94. The molecule has 1 aromatic rings. The molecule has 0 spiro atoms. The molecule has 0 unspecified atom stereocenters. The van der Waals surface area contributed by atoms with Crippen LogP contribution in [0.1, 0.15) is 34.1 Å². The highest BCUT2D eigenvalue weighted by atomic mass is 16.2. The fraction of sp³-hybridized carbons (Fsp3) is 0.533. The molecule has 0 saturated carbocycles. The van der Waals surface area contributed by atoms with Crippen LogP contribution in [0.5, 0.6) is 0 Å². The van der Waals surface area contributed by atoms with E-state index in [9.17, 15) is 4.79 Å². The molecular weight excluding hydrogens is 238 g/mol. The van der Waals surface area contributed by atoms with Crippen molar-refractivity contribution < 1.29 is 4.79 Å². The number of nitrogens with one attached hydrogen (secondary N) is 1. The van der Waals surface area contributed by atoms with Gasteiger partial charge in [0, 0.05) is 24.0 Å². The Balaban J connectivity index is 2.74. The number of carbonyl (C=O) groups excluding carboxylic acids is 1. The minimum absolute atomic E-state index is 0.133. The van der Waals surface area contributed by atoms with Crippen LogP contribution in [0.2, 0.25) is 0 Å². The molecule has 0 saturated heterocycles. The number of anilines is 2. The van der Waals surface area contributed by atoms with Gasteiger partial charge in [0.1, 0.15) is 0 Å². The monoisotopic (exact) mass is 263 g/mol. The number of nitrogens with two attached hydrogens (primary N) is 1. The minimum atomic E-state index is -0.442. The molecule has 0 aromatic heterocycles. The van der Waals surface area contributed by atoms with Gasteiger partial charge in [-0.2, -0.15) is 0 Å². The van der Waals surface area contributed by atoms with Crippen LogP contribution in [0, 0.1) is 0 Å². The van der Waals surface area contributed by atoms with Gasteiger partial charge >= 0.3 is 0 Å². The van der Waals surface area contributed by atoms with E-state index in [1.54, 1.807) is 0 Å². The first-order valence-corrected chi connectivity index (χ1v) is 6.92. The molecule has 19 heavy (non-hydrogen) atoms. The summed E-state index contributed by atoms with van der Waals surface area (Å²) in [6, 6.07) is 7.90. The molecule has 0 aliphatic heterocycles. The highest BCUT2D eigenvalue weighted by Gasteiger charge is 2.12. The summed E-state index contributed by atoms with van der Waals surface area (Å²) in [5.41, 5.74) is 7.64. The molecule has 4 nitrogen and oxygen atoms in total. The van der Waals surface area contributed by atoms with Crippen molar-refractivity contribution in [3.8, 4) is 0 Å². The van der Waals surface area contributed by atoms with E-state index >= 15 is 0 Å². The predicted molar refractivity (Wildman–Crippen MR) is 81.5 cm³/mol. The molecule has 0 aliphatic carbocycles. The SMILES string of the molecule is CC[C@H](N)C(=O)Nc1ccc(N(CC)C(C)C)cc1. The standard InChI is InChI=1S/C15H25N3O/c1-5-14(16)15(19)17-12-7-9-13(10-8-12)18(6-2)11(3)4/h7-11,14H,5-6,16H2,1-4H3,(H,17,19)/t14-/m0/s1. The van der Waals surface area contributed by atoms with Crippen LogP contribution in [-0.2, 0) is 4.79 Å². The summed E-state index contributed by atoms with van der Waals surface area (Å²) in [4.78, 5) is 14.0. The van der Waals surface area contributed by atoms with Crippen molar-refractivity contribution in [2.24, 2.45) is 5.73 Å². The Kier molecular flexibility index (Phi) is 5.83. The summed E-state index contributed by atoms with van der Waals surface area (Å²) in [6.07, 6.45) is 0.640. The molecule has 4 heteroatoms. The maximum Gasteiger partial charge on any atom is 0.241 e. The van der Waals surface area contributed by atoms with Crippen molar-refractivity contribution in [3.05, 3.63) is 24.3 Å². The summed E-state index contributed by atoms with van der Waals surface area (Å²) in [5, 5.41) is 2.82. The Bertz CT molecular complexity index is 400. The van der Waals surface area contributed by atoms with Crippen molar-refractivity contribution in [3.63, 3.8) is 0 Å². The fourth-order valence-electron chi connectivity index (χ4n) is 2.00. The zero-order valence-corrected chi connectivity index (χ0v) is 12.3. The Morgan fingerprint density at radius 2 is 1.84 bits per heavy atom. The maximum atomic E-state index is 11.7. The third-order valence-electron chi connectivity index (χ3n) is 3.21. The topological polar surface area (TPSA) is 58.4 Å². The molecule has 106 valence electrons. The molecule has 0 aliphatic rings. The van der Waals surface area contributed by atoms with Crippen LogP contribution in [-0.4, -0.2) is 24.5 Å². The second-order valence-corrected chi connectivity index (χ2v) is 4.93. The van der Waals surface area contributed by atoms with Gasteiger partial charge < -0.3 is 16.0 Å². The Labute approximate surface area is 116 Å². The van der Waals surface area contributed by atoms with Gasteiger partial charge in [-0.3, -0.25) is 4.79 Å². The van der Waals surface area contributed by atoms with Gasteiger partial charge in [0.25, 0.3) is 0 Å². The third-order valence-corrected chi connectivity index (χ3v) is 3.21. The Hall–Kier alpha value is -1.55. The van der Waals surface area contributed by atoms with Gasteiger partial charge in [-0.15, -0.1) is 0 Å². The first kappa shape index (κ1) is 15.5. The summed E-state index contributed by atoms with van der Waals surface area (Å²) in [6.45, 7) is 9.33. The van der Waals surface area contributed by atoms with Gasteiger partial charge in [0.2, 0.25) is 5.91 Å². The van der Waals surface area contributed by atoms with Gasteiger partial charge in [-0.1, -0.05) is 6.92 Å². The first-order chi connectivity index (χ1) is 8.99. The second-order valence-electron chi connectivity index (χ2n) is 4.93. The van der Waals surface area contributed by atoms with E-state index in [1.807, 2.05) is 31.2 Å². The number of rotatable bonds is 6. The third kappa shape index (κ3) is 4.24. The van der Waals surface area contributed by atoms with Crippen molar-refractivity contribution in [1.82, 2.24) is 0 Å². The zero-order valence-electron chi connectivity index (χ0n) is 12.3. The van der Waals surface area contributed by atoms with Crippen LogP contribution < -0.4 is 16.0 Å². The van der Waals surface area contributed by atoms with Gasteiger partial charge in [-0.25, -0.2) is 0 Å². The van der Waals surface area contributed by atoms with E-state index in [4.69, 9.17) is 5.73 Å². The Morgan fingerprint density at radius 3 is 2.26 bits per heavy atom. The molecule has 0 radical (unpaired) electrons. The van der Waals surface area contributed by atoms with Crippen LogP contribution in [0.15, 0.2) is 24.3 Å². The van der Waals surface area contributed by atoms with Crippen LogP contribution in [0.4, 0.5) is 11.4 Å². The number of hydrogen-bond donors (Lipinski definition) is 2. The molecule has 0 heterocycles. The molecule has 1 amide bonds. The average Bonchev–Trinajstić information content (AvgIpc) is 2.40. The molecule has 1 rings (SSSR count). The van der Waals surface area contributed by atoms with Crippen molar-refractivity contribution in [2.45, 2.75) is 46.2 Å². The van der Waals surface area contributed by atoms with Crippen LogP contribution in [0.3, 0.4) is 0 Å². The second kappa shape index (κ2) is 7.14. The lowest BCUT2D eigenvalue weighted by Gasteiger charge is -2.27. The first-order valence-electron chi connectivity index (χ1n) is 6.92. The molecule has 0 bridgehead atoms. The lowest BCUT2D eigenvalue weighted by atomic mass is 10.2. The van der Waals surface area contributed by atoms with E-state index in [1.165, 1.54) is 0 Å². The Morgan fingerprint density at radius 1 is 1.26 bits per heavy atom. The summed E-state index contributed by atoms with van der Waals surface area (Å²) >= 11 is 0. The highest BCUT2D eigenvalue weighted by Crippen LogP contribution is 2.19. The van der Waals surface area contributed by atoms with Gasteiger partial charge in [0.15, 0.2) is 0 Å². The quantitative estimate of drug-likeness (QED) is 0.829. The number of nitrogens with zero attached hydrogens (tertiary/aromatic N) is 1. The van der Waals surface area contributed by atoms with Crippen molar-refractivity contribution in [2.75, 3.05) is 16.8 Å². The predicted octanol–water partition coefficient (Wildman–Crippen LogP) is 2.60. The average molecular weight is 263 g/mol. The molecule has 1 aromatic carbocycles. The summed E-state index contributed by atoms with van der Waals surface area (Å²) in [7, 11) is 0. The maximum absolute atomic E-state index is 11.7. The van der Waals surface area contributed by atoms with Gasteiger partial charge in [-0.05, 0) is 51.5 Å². The van der Waals surface area contributed by atoms with E-state index in [-0.39, 0.29) is 5.91 Å². The van der Waals surface area contributed by atoms with Crippen LogP contribution in [0.25, 0.3) is 0 Å². The smallest absolute Gasteiger partial charge is 0.241 e. The van der Waals surface area contributed by atoms with E-state index in [2.05, 4.69) is 31.0 Å². The van der Waals surface area contributed by atoms with E-state index in [0.29, 0.717) is 12.5 Å². The lowest BCUT2D eigenvalue weighted by molar-refractivity contribution is -0.117. The minimum Gasteiger partial charge on any atom is -0.369 e. The zero-order chi connectivity index (χ0) is 14.4. The number of hydrogen-bond acceptors (Lipinski definition) is 3. The largest absolute Gasteiger partial charge is 0.369 e. The summed E-state index contributed by atoms with van der Waals surface area (Å²) < 4.78 is 0. The number of benzene rings is 1. The van der Waals surface area contributed by atoms with E-state index in [0.717, 1.165) is 17.9 Å². The van der Waals surface area contributed by atoms with Crippen molar-refractivity contribution >= 4 is 17.3 Å². The number of amides is 1. The van der Waals surface area contributed by atoms with Crippen LogP contribution >= 0.6 is 0 Å². The molecule has 1 atom stereocenters. The number of carbonyl (C=O) groups is 1. The normalized spacial score (nSPS) is 12.3. The van der Waals surface area contributed by atoms with E-state index < -0.39 is 6.04 Å². The molecular formula is C15H25N3O. The lowest BCUT2D eigenvalue weighted by Crippen LogP contribution is -2.34. The fourth-order valence-corrected chi connectivity index (χ4v) is 2.00. The molecule has 0 fully saturated rings. The summed E-state index contributed by atoms with van der Waals surface area (Å²) in [5.74, 6) is -0.133. The van der Waals surface area contributed by atoms with Gasteiger partial charge in [0.05, 0.1) is 6.04 Å². The molecule has 3 N–H and O–H groups in total. The van der Waals surface area contributed by atoms with Crippen molar-refractivity contribution in [1.29, 1.82) is 0 Å².